The summed E-state index contributed by atoms with van der Waals surface area (Å²) >= 11 is 0. The van der Waals surface area contributed by atoms with Crippen molar-refractivity contribution < 1.29 is 14.3 Å². The Hall–Kier alpha value is -2.70. The van der Waals surface area contributed by atoms with Gasteiger partial charge in [-0.25, -0.2) is 0 Å². The second-order valence-electron chi connectivity index (χ2n) is 10.5. The van der Waals surface area contributed by atoms with Crippen LogP contribution in [0, 0.1) is 6.92 Å². The fraction of sp³-hybridized carbons (Fsp3) is 0.548. The van der Waals surface area contributed by atoms with E-state index in [1.54, 1.807) is 6.92 Å². The van der Waals surface area contributed by atoms with Gasteiger partial charge >= 0.3 is 0 Å². The lowest BCUT2D eigenvalue weighted by atomic mass is 10.0. The summed E-state index contributed by atoms with van der Waals surface area (Å²) in [6.45, 7) is 8.46. The number of anilines is 1. The number of nitrogens with one attached hydrogen (secondary N) is 1. The molecule has 2 aliphatic rings. The summed E-state index contributed by atoms with van der Waals surface area (Å²) in [6, 6.07) is 14.7. The van der Waals surface area contributed by atoms with Crippen molar-refractivity contribution >= 4 is 17.5 Å². The van der Waals surface area contributed by atoms with E-state index in [2.05, 4.69) is 29.3 Å². The number of benzene rings is 2. The molecule has 0 spiro atoms. The number of ether oxygens (including phenoxy) is 1. The van der Waals surface area contributed by atoms with E-state index in [1.165, 1.54) is 30.4 Å². The van der Waals surface area contributed by atoms with Crippen LogP contribution in [0.15, 0.2) is 42.5 Å². The molecule has 0 atom stereocenters. The van der Waals surface area contributed by atoms with E-state index in [1.807, 2.05) is 35.2 Å². The number of carbonyl (C=O) groups is 2. The maximum atomic E-state index is 13.2. The Morgan fingerprint density at radius 1 is 0.973 bits per heavy atom. The molecule has 6 nitrogen and oxygen atoms in total. The van der Waals surface area contributed by atoms with Crippen molar-refractivity contribution in [2.45, 2.75) is 77.8 Å². The molecule has 37 heavy (non-hydrogen) atoms. The smallest absolute Gasteiger partial charge is 0.251 e. The first-order valence-electron chi connectivity index (χ1n) is 14.1. The lowest BCUT2D eigenvalue weighted by Gasteiger charge is -2.36. The second-order valence-corrected chi connectivity index (χ2v) is 10.5. The third-order valence-corrected chi connectivity index (χ3v) is 7.86. The highest BCUT2D eigenvalue weighted by Crippen LogP contribution is 2.28. The first-order valence-corrected chi connectivity index (χ1v) is 14.1. The third-order valence-electron chi connectivity index (χ3n) is 7.86. The molecule has 2 aromatic carbocycles. The van der Waals surface area contributed by atoms with Gasteiger partial charge in [-0.2, -0.15) is 0 Å². The molecule has 0 aliphatic carbocycles. The molecular weight excluding hydrogens is 462 g/mol. The highest BCUT2D eigenvalue weighted by atomic mass is 16.5. The maximum Gasteiger partial charge on any atom is 0.251 e. The van der Waals surface area contributed by atoms with Crippen LogP contribution >= 0.6 is 0 Å². The van der Waals surface area contributed by atoms with Crippen LogP contribution in [0.5, 0.6) is 0 Å². The lowest BCUT2D eigenvalue weighted by molar-refractivity contribution is -0.116. The molecule has 2 heterocycles. The maximum absolute atomic E-state index is 13.2. The van der Waals surface area contributed by atoms with E-state index < -0.39 is 0 Å². The quantitative estimate of drug-likeness (QED) is 0.602. The first-order chi connectivity index (χ1) is 18.0. The number of hydrogen-bond donors (Lipinski definition) is 1. The average Bonchev–Trinajstić information content (AvgIpc) is 2.90. The van der Waals surface area contributed by atoms with E-state index in [4.69, 9.17) is 4.74 Å². The van der Waals surface area contributed by atoms with Gasteiger partial charge in [0.2, 0.25) is 5.91 Å². The molecule has 0 radical (unpaired) electrons. The van der Waals surface area contributed by atoms with Crippen molar-refractivity contribution in [3.8, 4) is 0 Å². The highest BCUT2D eigenvalue weighted by molar-refractivity contribution is 5.97. The number of aryl methyl sites for hydroxylation is 1. The molecule has 4 rings (SSSR count). The number of rotatable bonds is 5. The molecule has 1 saturated heterocycles. The predicted octanol–water partition coefficient (Wildman–Crippen LogP) is 5.27. The second kappa shape index (κ2) is 13.7. The molecule has 2 aromatic rings. The molecule has 0 saturated carbocycles. The minimum atomic E-state index is -0.0607. The normalized spacial score (nSPS) is 18.4. The predicted molar refractivity (Wildman–Crippen MR) is 149 cm³/mol. The van der Waals surface area contributed by atoms with Gasteiger partial charge in [-0.05, 0) is 80.5 Å². The van der Waals surface area contributed by atoms with Crippen LogP contribution in [0.25, 0.3) is 0 Å². The summed E-state index contributed by atoms with van der Waals surface area (Å²) in [6.07, 6.45) is 8.62. The van der Waals surface area contributed by atoms with E-state index in [0.29, 0.717) is 18.2 Å². The van der Waals surface area contributed by atoms with Gasteiger partial charge in [-0.15, -0.1) is 0 Å². The molecule has 0 unspecified atom stereocenters. The van der Waals surface area contributed by atoms with Gasteiger partial charge in [0.15, 0.2) is 0 Å². The van der Waals surface area contributed by atoms with Crippen LogP contribution in [-0.4, -0.2) is 55.6 Å². The van der Waals surface area contributed by atoms with Crippen LogP contribution in [0.2, 0.25) is 0 Å². The molecule has 1 N–H and O–H groups in total. The zero-order chi connectivity index (χ0) is 26.0. The van der Waals surface area contributed by atoms with E-state index in [-0.39, 0.29) is 11.8 Å². The van der Waals surface area contributed by atoms with Crippen LogP contribution in [0.1, 0.15) is 78.9 Å². The van der Waals surface area contributed by atoms with Crippen molar-refractivity contribution in [2.75, 3.05) is 37.7 Å². The molecule has 1 fully saturated rings. The lowest BCUT2D eigenvalue weighted by Crippen LogP contribution is -2.40. The van der Waals surface area contributed by atoms with E-state index in [9.17, 15) is 9.59 Å². The van der Waals surface area contributed by atoms with Crippen LogP contribution < -0.4 is 10.2 Å². The Bertz CT molecular complexity index is 1050. The average molecular weight is 506 g/mol. The molecule has 0 bridgehead atoms. The highest BCUT2D eigenvalue weighted by Gasteiger charge is 2.25. The summed E-state index contributed by atoms with van der Waals surface area (Å²) in [7, 11) is 0. The van der Waals surface area contributed by atoms with Crippen molar-refractivity contribution in [3.05, 3.63) is 64.7 Å². The topological polar surface area (TPSA) is 61.9 Å². The van der Waals surface area contributed by atoms with Crippen molar-refractivity contribution in [3.63, 3.8) is 0 Å². The fourth-order valence-electron chi connectivity index (χ4n) is 5.64. The Morgan fingerprint density at radius 2 is 1.70 bits per heavy atom. The standard InChI is InChI=1S/C31H43N3O3/c1-24-10-6-7-11-26(24)14-17-32-31(36)27-12-13-30-28(22-27)23-33(29-15-20-37-21-16-29)18-8-4-3-5-9-19-34(30)25(2)35/h6-7,10-13,22,29H,3-5,8-9,14-21,23H2,1-2H3,(H,32,36). The zero-order valence-corrected chi connectivity index (χ0v) is 22.6. The van der Waals surface area contributed by atoms with Gasteiger partial charge in [-0.3, -0.25) is 14.5 Å². The van der Waals surface area contributed by atoms with E-state index >= 15 is 0 Å². The fourth-order valence-corrected chi connectivity index (χ4v) is 5.64. The van der Waals surface area contributed by atoms with Crippen molar-refractivity contribution in [2.24, 2.45) is 0 Å². The largest absolute Gasteiger partial charge is 0.381 e. The Morgan fingerprint density at radius 3 is 2.46 bits per heavy atom. The van der Waals surface area contributed by atoms with Gasteiger partial charge in [0.25, 0.3) is 5.91 Å². The Balaban J connectivity index is 1.56. The summed E-state index contributed by atoms with van der Waals surface area (Å²) in [5.74, 6) is 0.000787. The number of fused-ring (bicyclic) bond motifs is 1. The van der Waals surface area contributed by atoms with Gasteiger partial charge in [0.1, 0.15) is 0 Å². The number of carbonyl (C=O) groups excluding carboxylic acids is 2. The van der Waals surface area contributed by atoms with Crippen molar-refractivity contribution in [1.82, 2.24) is 10.2 Å². The monoisotopic (exact) mass is 505 g/mol. The first kappa shape index (κ1) is 27.3. The zero-order valence-electron chi connectivity index (χ0n) is 22.6. The molecule has 2 aliphatic heterocycles. The third kappa shape index (κ3) is 7.65. The summed E-state index contributed by atoms with van der Waals surface area (Å²) in [5, 5.41) is 3.11. The molecular formula is C31H43N3O3. The molecule has 2 amide bonds. The Kier molecular flexibility index (Phi) is 10.1. The van der Waals surface area contributed by atoms with E-state index in [0.717, 1.165) is 76.2 Å². The van der Waals surface area contributed by atoms with Crippen LogP contribution in [0.4, 0.5) is 5.69 Å². The van der Waals surface area contributed by atoms with Crippen LogP contribution in [0.3, 0.4) is 0 Å². The molecule has 200 valence electrons. The summed E-state index contributed by atoms with van der Waals surface area (Å²) < 4.78 is 5.64. The number of nitrogens with zero attached hydrogens (tertiary/aromatic N) is 2. The van der Waals surface area contributed by atoms with Gasteiger partial charge in [0, 0.05) is 57.1 Å². The van der Waals surface area contributed by atoms with Gasteiger partial charge in [-0.1, -0.05) is 43.5 Å². The van der Waals surface area contributed by atoms with Gasteiger partial charge < -0.3 is 15.0 Å². The van der Waals surface area contributed by atoms with Crippen LogP contribution in [-0.2, 0) is 22.5 Å². The number of hydrogen-bond acceptors (Lipinski definition) is 4. The van der Waals surface area contributed by atoms with Crippen molar-refractivity contribution in [1.29, 1.82) is 0 Å². The Labute approximate surface area is 222 Å². The van der Waals surface area contributed by atoms with Gasteiger partial charge in [0.05, 0.1) is 0 Å². The molecule has 0 aromatic heterocycles. The summed E-state index contributed by atoms with van der Waals surface area (Å²) in [4.78, 5) is 30.3. The minimum absolute atomic E-state index is 0.0607. The molecule has 6 heteroatoms. The minimum Gasteiger partial charge on any atom is -0.381 e. The number of amides is 2. The summed E-state index contributed by atoms with van der Waals surface area (Å²) in [5.41, 5.74) is 5.17. The SMILES string of the molecule is CC(=O)N1CCCCCCCN(C2CCOCC2)Cc2cc(C(=O)NCCc3ccccc3C)ccc21.